The minimum absolute atomic E-state index is 0.0582. The van der Waals surface area contributed by atoms with Gasteiger partial charge >= 0.3 is 5.97 Å². The van der Waals surface area contributed by atoms with E-state index in [0.717, 1.165) is 37.7 Å². The summed E-state index contributed by atoms with van der Waals surface area (Å²) in [6, 6.07) is 15.9. The Labute approximate surface area is 199 Å². The zero-order chi connectivity index (χ0) is 24.3. The lowest BCUT2D eigenvalue weighted by molar-refractivity contribution is -0.147. The summed E-state index contributed by atoms with van der Waals surface area (Å²) < 4.78 is 4.97. The lowest BCUT2D eigenvalue weighted by Crippen LogP contribution is -2.36. The summed E-state index contributed by atoms with van der Waals surface area (Å²) >= 11 is 0. The number of anilines is 1. The third kappa shape index (κ3) is 7.43. The maximum atomic E-state index is 12.8. The number of benzene rings is 2. The largest absolute Gasteiger partial charge is 0.454 e. The molecule has 3 rings (SSSR count). The second-order valence-corrected chi connectivity index (χ2v) is 8.41. The van der Waals surface area contributed by atoms with Gasteiger partial charge in [0.25, 0.3) is 11.8 Å². The smallest absolute Gasteiger partial charge is 0.325 e. The van der Waals surface area contributed by atoms with Gasteiger partial charge in [0.1, 0.15) is 6.54 Å². The standard InChI is InChI=1S/C26H31N3O5/c1-18(19-10-4-2-5-11-19)28-26(33)21-14-8-9-15-22(21)29-23(30)17-34-24(31)16-27-25(32)20-12-6-3-7-13-20/h2,4-5,8-11,14-15,18,20H,3,6-7,12-13,16-17H2,1H3,(H,27,32)(H,28,33)(H,29,30)/t18-/m0/s1. The second-order valence-electron chi connectivity index (χ2n) is 8.41. The van der Waals surface area contributed by atoms with Crippen molar-refractivity contribution in [3.05, 3.63) is 65.7 Å². The molecule has 0 bridgehead atoms. The third-order valence-corrected chi connectivity index (χ3v) is 5.84. The molecule has 3 amide bonds. The first-order chi connectivity index (χ1) is 16.4. The molecular formula is C26H31N3O5. The molecule has 2 aromatic rings. The van der Waals surface area contributed by atoms with E-state index < -0.39 is 18.5 Å². The molecule has 1 atom stereocenters. The van der Waals surface area contributed by atoms with E-state index in [1.807, 2.05) is 37.3 Å². The molecule has 1 aliphatic rings. The van der Waals surface area contributed by atoms with E-state index in [-0.39, 0.29) is 30.3 Å². The molecule has 8 nitrogen and oxygen atoms in total. The molecule has 0 spiro atoms. The fraction of sp³-hybridized carbons (Fsp3) is 0.385. The van der Waals surface area contributed by atoms with Crippen molar-refractivity contribution in [3.63, 3.8) is 0 Å². The summed E-state index contributed by atoms with van der Waals surface area (Å²) in [6.45, 7) is 1.08. The van der Waals surface area contributed by atoms with Crippen LogP contribution in [0.1, 0.15) is 61.0 Å². The van der Waals surface area contributed by atoms with Gasteiger partial charge < -0.3 is 20.7 Å². The molecule has 2 aromatic carbocycles. The van der Waals surface area contributed by atoms with Gasteiger partial charge in [-0.3, -0.25) is 19.2 Å². The number of nitrogens with one attached hydrogen (secondary N) is 3. The molecule has 0 aromatic heterocycles. The van der Waals surface area contributed by atoms with Crippen LogP contribution in [-0.4, -0.2) is 36.8 Å². The van der Waals surface area contributed by atoms with Crippen molar-refractivity contribution >= 4 is 29.4 Å². The normalized spacial score (nSPS) is 14.5. The van der Waals surface area contributed by atoms with E-state index in [4.69, 9.17) is 4.74 Å². The van der Waals surface area contributed by atoms with Gasteiger partial charge in [-0.1, -0.05) is 61.7 Å². The monoisotopic (exact) mass is 465 g/mol. The summed E-state index contributed by atoms with van der Waals surface area (Å²) in [6.07, 6.45) is 4.85. The zero-order valence-corrected chi connectivity index (χ0v) is 19.3. The highest BCUT2D eigenvalue weighted by molar-refractivity contribution is 6.04. The second kappa shape index (κ2) is 12.5. The molecule has 0 saturated heterocycles. The number of para-hydroxylation sites is 1. The number of amides is 3. The predicted octanol–water partition coefficient (Wildman–Crippen LogP) is 3.36. The van der Waals surface area contributed by atoms with Crippen LogP contribution in [0.25, 0.3) is 0 Å². The first-order valence-electron chi connectivity index (χ1n) is 11.6. The highest BCUT2D eigenvalue weighted by Crippen LogP contribution is 2.23. The average Bonchev–Trinajstić information content (AvgIpc) is 2.87. The Morgan fingerprint density at radius 1 is 0.941 bits per heavy atom. The van der Waals surface area contributed by atoms with E-state index in [0.29, 0.717) is 11.3 Å². The number of esters is 1. The van der Waals surface area contributed by atoms with E-state index in [1.165, 1.54) is 0 Å². The van der Waals surface area contributed by atoms with E-state index >= 15 is 0 Å². The Hall–Kier alpha value is -3.68. The average molecular weight is 466 g/mol. The molecular weight excluding hydrogens is 434 g/mol. The fourth-order valence-electron chi connectivity index (χ4n) is 3.94. The summed E-state index contributed by atoms with van der Waals surface area (Å²) in [5.41, 5.74) is 1.57. The molecule has 0 aliphatic heterocycles. The molecule has 0 heterocycles. The number of carbonyl (C=O) groups is 4. The molecule has 180 valence electrons. The van der Waals surface area contributed by atoms with Crippen LogP contribution in [0, 0.1) is 5.92 Å². The Kier molecular flexibility index (Phi) is 9.20. The lowest BCUT2D eigenvalue weighted by atomic mass is 9.89. The number of hydrogen-bond acceptors (Lipinski definition) is 5. The van der Waals surface area contributed by atoms with Crippen LogP contribution in [0.3, 0.4) is 0 Å². The molecule has 1 fully saturated rings. The molecule has 34 heavy (non-hydrogen) atoms. The topological polar surface area (TPSA) is 114 Å². The van der Waals surface area contributed by atoms with E-state index in [1.54, 1.807) is 24.3 Å². The minimum atomic E-state index is -0.693. The zero-order valence-electron chi connectivity index (χ0n) is 19.3. The molecule has 0 unspecified atom stereocenters. The summed E-state index contributed by atoms with van der Waals surface area (Å²) in [7, 11) is 0. The van der Waals surface area contributed by atoms with Crippen molar-refractivity contribution in [3.8, 4) is 0 Å². The molecule has 3 N–H and O–H groups in total. The van der Waals surface area contributed by atoms with Crippen LogP contribution in [0.4, 0.5) is 5.69 Å². The summed E-state index contributed by atoms with van der Waals surface area (Å²) in [5, 5.41) is 8.11. The van der Waals surface area contributed by atoms with Crippen molar-refractivity contribution in [2.75, 3.05) is 18.5 Å². The van der Waals surface area contributed by atoms with Gasteiger partial charge in [0, 0.05) is 5.92 Å². The van der Waals surface area contributed by atoms with Gasteiger partial charge in [-0.05, 0) is 37.5 Å². The van der Waals surface area contributed by atoms with Crippen molar-refractivity contribution in [1.29, 1.82) is 0 Å². The van der Waals surface area contributed by atoms with Gasteiger partial charge in [0.05, 0.1) is 17.3 Å². The van der Waals surface area contributed by atoms with Gasteiger partial charge in [0.15, 0.2) is 6.61 Å². The van der Waals surface area contributed by atoms with Crippen LogP contribution >= 0.6 is 0 Å². The Bertz CT molecular complexity index is 1000. The number of ether oxygens (including phenoxy) is 1. The fourth-order valence-corrected chi connectivity index (χ4v) is 3.94. The van der Waals surface area contributed by atoms with Crippen molar-refractivity contribution in [2.24, 2.45) is 5.92 Å². The van der Waals surface area contributed by atoms with Crippen LogP contribution in [0.2, 0.25) is 0 Å². The Morgan fingerprint density at radius 3 is 2.35 bits per heavy atom. The number of hydrogen-bond donors (Lipinski definition) is 3. The van der Waals surface area contributed by atoms with Crippen LogP contribution in [-0.2, 0) is 19.1 Å². The van der Waals surface area contributed by atoms with Crippen molar-refractivity contribution in [1.82, 2.24) is 10.6 Å². The van der Waals surface area contributed by atoms with Crippen molar-refractivity contribution < 1.29 is 23.9 Å². The molecule has 8 heteroatoms. The SMILES string of the molecule is C[C@H](NC(=O)c1ccccc1NC(=O)COC(=O)CNC(=O)C1CCCCC1)c1ccccc1. The Balaban J connectivity index is 1.47. The van der Waals surface area contributed by atoms with Crippen LogP contribution in [0.15, 0.2) is 54.6 Å². The lowest BCUT2D eigenvalue weighted by Gasteiger charge is -2.20. The van der Waals surface area contributed by atoms with E-state index in [9.17, 15) is 19.2 Å². The maximum absolute atomic E-state index is 12.8. The predicted molar refractivity (Wildman–Crippen MR) is 128 cm³/mol. The maximum Gasteiger partial charge on any atom is 0.325 e. The van der Waals surface area contributed by atoms with Gasteiger partial charge in [-0.15, -0.1) is 0 Å². The Morgan fingerprint density at radius 2 is 1.62 bits per heavy atom. The summed E-state index contributed by atoms with van der Waals surface area (Å²) in [5.74, 6) is -1.82. The van der Waals surface area contributed by atoms with Crippen molar-refractivity contribution in [2.45, 2.75) is 45.1 Å². The minimum Gasteiger partial charge on any atom is -0.454 e. The number of carbonyl (C=O) groups excluding carboxylic acids is 4. The highest BCUT2D eigenvalue weighted by atomic mass is 16.5. The van der Waals surface area contributed by atoms with E-state index in [2.05, 4.69) is 16.0 Å². The third-order valence-electron chi connectivity index (χ3n) is 5.84. The highest BCUT2D eigenvalue weighted by Gasteiger charge is 2.22. The van der Waals surface area contributed by atoms with Crippen LogP contribution < -0.4 is 16.0 Å². The van der Waals surface area contributed by atoms with Gasteiger partial charge in [-0.25, -0.2) is 0 Å². The van der Waals surface area contributed by atoms with Gasteiger partial charge in [0.2, 0.25) is 5.91 Å². The molecule has 1 saturated carbocycles. The first-order valence-corrected chi connectivity index (χ1v) is 11.6. The first kappa shape index (κ1) is 25.0. The summed E-state index contributed by atoms with van der Waals surface area (Å²) in [4.78, 5) is 49.2. The quantitative estimate of drug-likeness (QED) is 0.492. The van der Waals surface area contributed by atoms with Gasteiger partial charge in [-0.2, -0.15) is 0 Å². The number of rotatable bonds is 9. The molecule has 0 radical (unpaired) electrons. The van der Waals surface area contributed by atoms with Crippen LogP contribution in [0.5, 0.6) is 0 Å². The molecule has 1 aliphatic carbocycles.